The molecular weight excluding hydrogens is 230 g/mol. The number of aromatic nitrogens is 2. The third kappa shape index (κ3) is 1.89. The molecule has 1 aliphatic heterocycles. The summed E-state index contributed by atoms with van der Waals surface area (Å²) < 4.78 is 10.7. The molecule has 1 aliphatic rings. The summed E-state index contributed by atoms with van der Waals surface area (Å²) in [7, 11) is 0. The lowest BCUT2D eigenvalue weighted by Crippen LogP contribution is -2.15. The van der Waals surface area contributed by atoms with E-state index >= 15 is 0 Å². The molecule has 0 saturated heterocycles. The van der Waals surface area contributed by atoms with Crippen molar-refractivity contribution >= 4 is 0 Å². The quantitative estimate of drug-likeness (QED) is 0.879. The van der Waals surface area contributed by atoms with Crippen molar-refractivity contribution in [2.75, 3.05) is 13.3 Å². The first-order valence-corrected chi connectivity index (χ1v) is 5.74. The normalized spacial score (nSPS) is 14.5. The molecule has 2 aromatic rings. The number of nitrogens with zero attached hydrogens (tertiary/aromatic N) is 2. The Morgan fingerprint density at radius 2 is 2.11 bits per heavy atom. The van der Waals surface area contributed by atoms with Crippen molar-refractivity contribution in [1.29, 1.82) is 0 Å². The van der Waals surface area contributed by atoms with Crippen molar-refractivity contribution in [2.45, 2.75) is 5.92 Å². The van der Waals surface area contributed by atoms with E-state index in [1.54, 1.807) is 6.20 Å². The molecule has 18 heavy (non-hydrogen) atoms. The van der Waals surface area contributed by atoms with E-state index in [0.29, 0.717) is 6.54 Å². The van der Waals surface area contributed by atoms with Gasteiger partial charge in [0.2, 0.25) is 6.79 Å². The van der Waals surface area contributed by atoms with Crippen molar-refractivity contribution in [3.63, 3.8) is 0 Å². The molecule has 0 aliphatic carbocycles. The van der Waals surface area contributed by atoms with E-state index in [9.17, 15) is 0 Å². The number of benzene rings is 1. The summed E-state index contributed by atoms with van der Waals surface area (Å²) in [6, 6.07) is 7.73. The fraction of sp³-hybridized carbons (Fsp3) is 0.231. The van der Waals surface area contributed by atoms with Crippen LogP contribution in [0.4, 0.5) is 0 Å². The molecule has 0 fully saturated rings. The Hall–Kier alpha value is -2.14. The summed E-state index contributed by atoms with van der Waals surface area (Å²) in [5, 5.41) is 0. The van der Waals surface area contributed by atoms with Gasteiger partial charge in [0.05, 0.1) is 5.69 Å². The average molecular weight is 243 g/mol. The van der Waals surface area contributed by atoms with Crippen LogP contribution in [0.15, 0.2) is 36.8 Å². The molecule has 0 radical (unpaired) electrons. The molecule has 1 atom stereocenters. The molecule has 1 aromatic carbocycles. The van der Waals surface area contributed by atoms with Crippen LogP contribution in [0, 0.1) is 0 Å². The van der Waals surface area contributed by atoms with Crippen LogP contribution in [-0.4, -0.2) is 23.3 Å². The first-order chi connectivity index (χ1) is 8.88. The lowest BCUT2D eigenvalue weighted by Gasteiger charge is -2.14. The highest BCUT2D eigenvalue weighted by Gasteiger charge is 2.19. The maximum absolute atomic E-state index is 5.85. The molecular formula is C13H13N3O2. The van der Waals surface area contributed by atoms with Crippen LogP contribution in [0.1, 0.15) is 17.2 Å². The molecule has 0 bridgehead atoms. The second kappa shape index (κ2) is 4.62. The van der Waals surface area contributed by atoms with E-state index in [4.69, 9.17) is 15.2 Å². The summed E-state index contributed by atoms with van der Waals surface area (Å²) >= 11 is 0. The van der Waals surface area contributed by atoms with E-state index < -0.39 is 0 Å². The van der Waals surface area contributed by atoms with Crippen molar-refractivity contribution in [1.82, 2.24) is 9.97 Å². The lowest BCUT2D eigenvalue weighted by molar-refractivity contribution is 0.174. The third-order valence-corrected chi connectivity index (χ3v) is 3.00. The summed E-state index contributed by atoms with van der Waals surface area (Å²) in [5.74, 6) is 1.58. The number of hydrogen-bond donors (Lipinski definition) is 1. The summed E-state index contributed by atoms with van der Waals surface area (Å²) in [4.78, 5) is 8.17. The maximum Gasteiger partial charge on any atom is 0.231 e. The Morgan fingerprint density at radius 3 is 2.89 bits per heavy atom. The molecule has 5 heteroatoms. The number of fused-ring (bicyclic) bond motifs is 1. The summed E-state index contributed by atoms with van der Waals surface area (Å²) in [6.45, 7) is 0.760. The monoisotopic (exact) mass is 243 g/mol. The minimum Gasteiger partial charge on any atom is -0.454 e. The number of ether oxygens (including phenoxy) is 2. The van der Waals surface area contributed by atoms with Gasteiger partial charge in [-0.25, -0.2) is 9.97 Å². The second-order valence-electron chi connectivity index (χ2n) is 4.04. The van der Waals surface area contributed by atoms with Crippen LogP contribution in [0.3, 0.4) is 0 Å². The predicted octanol–water partition coefficient (Wildman–Crippen LogP) is 1.30. The molecule has 92 valence electrons. The molecule has 1 unspecified atom stereocenters. The van der Waals surface area contributed by atoms with Gasteiger partial charge >= 0.3 is 0 Å². The number of hydrogen-bond acceptors (Lipinski definition) is 5. The Morgan fingerprint density at radius 1 is 1.22 bits per heavy atom. The molecule has 0 amide bonds. The molecule has 3 rings (SSSR count). The van der Waals surface area contributed by atoms with Gasteiger partial charge in [0.1, 0.15) is 6.33 Å². The fourth-order valence-electron chi connectivity index (χ4n) is 2.06. The minimum atomic E-state index is 0.0440. The highest BCUT2D eigenvalue weighted by molar-refractivity contribution is 5.46. The van der Waals surface area contributed by atoms with Crippen LogP contribution >= 0.6 is 0 Å². The maximum atomic E-state index is 5.85. The fourth-order valence-corrected chi connectivity index (χ4v) is 2.06. The molecule has 5 nitrogen and oxygen atoms in total. The Kier molecular flexibility index (Phi) is 2.82. The van der Waals surface area contributed by atoms with Gasteiger partial charge in [-0.2, -0.15) is 0 Å². The molecule has 0 saturated carbocycles. The van der Waals surface area contributed by atoms with Gasteiger partial charge in [-0.1, -0.05) is 6.07 Å². The number of rotatable bonds is 3. The van der Waals surface area contributed by atoms with E-state index in [1.807, 2.05) is 24.3 Å². The summed E-state index contributed by atoms with van der Waals surface area (Å²) in [6.07, 6.45) is 3.25. The Labute approximate surface area is 105 Å². The van der Waals surface area contributed by atoms with Crippen LogP contribution < -0.4 is 15.2 Å². The van der Waals surface area contributed by atoms with Crippen molar-refractivity contribution in [3.8, 4) is 11.5 Å². The van der Waals surface area contributed by atoms with Crippen LogP contribution in [-0.2, 0) is 0 Å². The largest absolute Gasteiger partial charge is 0.454 e. The molecule has 2 N–H and O–H groups in total. The number of nitrogens with two attached hydrogens (primary N) is 1. The van der Waals surface area contributed by atoms with E-state index in [0.717, 1.165) is 22.8 Å². The Balaban J connectivity index is 1.97. The molecule has 1 aromatic heterocycles. The minimum absolute atomic E-state index is 0.0440. The van der Waals surface area contributed by atoms with Crippen molar-refractivity contribution < 1.29 is 9.47 Å². The zero-order chi connectivity index (χ0) is 12.4. The highest BCUT2D eigenvalue weighted by Crippen LogP contribution is 2.35. The van der Waals surface area contributed by atoms with Gasteiger partial charge in [0.15, 0.2) is 11.5 Å². The average Bonchev–Trinajstić information content (AvgIpc) is 2.88. The smallest absolute Gasteiger partial charge is 0.231 e. The van der Waals surface area contributed by atoms with E-state index in [1.165, 1.54) is 6.33 Å². The standard InChI is InChI=1S/C13H13N3O2/c14-6-10(11-3-4-15-7-16-11)9-1-2-12-13(5-9)18-8-17-12/h1-5,7,10H,6,8,14H2. The van der Waals surface area contributed by atoms with E-state index in [2.05, 4.69) is 9.97 Å². The second-order valence-corrected chi connectivity index (χ2v) is 4.04. The van der Waals surface area contributed by atoms with Gasteiger partial charge in [-0.15, -0.1) is 0 Å². The third-order valence-electron chi connectivity index (χ3n) is 3.00. The SMILES string of the molecule is NCC(c1ccc2c(c1)OCO2)c1ccncn1. The Bertz CT molecular complexity index is 545. The van der Waals surface area contributed by atoms with Crippen molar-refractivity contribution in [2.24, 2.45) is 5.73 Å². The van der Waals surface area contributed by atoms with Gasteiger partial charge in [-0.3, -0.25) is 0 Å². The molecule has 2 heterocycles. The van der Waals surface area contributed by atoms with Crippen molar-refractivity contribution in [3.05, 3.63) is 48.0 Å². The summed E-state index contributed by atoms with van der Waals surface area (Å²) in [5.41, 5.74) is 7.83. The zero-order valence-corrected chi connectivity index (χ0v) is 9.74. The topological polar surface area (TPSA) is 70.3 Å². The first kappa shape index (κ1) is 11.0. The predicted molar refractivity (Wildman–Crippen MR) is 65.5 cm³/mol. The lowest BCUT2D eigenvalue weighted by atomic mass is 9.95. The first-order valence-electron chi connectivity index (χ1n) is 5.74. The van der Waals surface area contributed by atoms with Crippen LogP contribution in [0.2, 0.25) is 0 Å². The van der Waals surface area contributed by atoms with Crippen LogP contribution in [0.5, 0.6) is 11.5 Å². The molecule has 0 spiro atoms. The van der Waals surface area contributed by atoms with E-state index in [-0.39, 0.29) is 12.7 Å². The zero-order valence-electron chi connectivity index (χ0n) is 9.74. The highest BCUT2D eigenvalue weighted by atomic mass is 16.7. The van der Waals surface area contributed by atoms with Crippen LogP contribution in [0.25, 0.3) is 0 Å². The van der Waals surface area contributed by atoms with Gasteiger partial charge < -0.3 is 15.2 Å². The van der Waals surface area contributed by atoms with Gasteiger partial charge in [0, 0.05) is 18.7 Å². The van der Waals surface area contributed by atoms with Gasteiger partial charge in [-0.05, 0) is 23.8 Å². The van der Waals surface area contributed by atoms with Gasteiger partial charge in [0.25, 0.3) is 0 Å².